The van der Waals surface area contributed by atoms with E-state index in [0.29, 0.717) is 0 Å². The van der Waals surface area contributed by atoms with Gasteiger partial charge in [-0.3, -0.25) is 0 Å². The monoisotopic (exact) mass is 298 g/mol. The van der Waals surface area contributed by atoms with Crippen LogP contribution in [-0.2, 0) is 10.0 Å². The third kappa shape index (κ3) is 3.08. The van der Waals surface area contributed by atoms with E-state index in [9.17, 15) is 8.42 Å². The van der Waals surface area contributed by atoms with E-state index < -0.39 is 15.6 Å². The Bertz CT molecular complexity index is 629. The van der Waals surface area contributed by atoms with Crippen molar-refractivity contribution in [1.82, 2.24) is 4.72 Å². The van der Waals surface area contributed by atoms with Gasteiger partial charge in [0.25, 0.3) is 0 Å². The van der Waals surface area contributed by atoms with Gasteiger partial charge in [0.15, 0.2) is 0 Å². The van der Waals surface area contributed by atoms with Crippen molar-refractivity contribution in [3.8, 4) is 6.07 Å². The van der Waals surface area contributed by atoms with Crippen LogP contribution in [0.5, 0.6) is 0 Å². The van der Waals surface area contributed by atoms with Crippen LogP contribution in [0, 0.1) is 11.3 Å². The van der Waals surface area contributed by atoms with Gasteiger partial charge in [-0.1, -0.05) is 24.4 Å². The second-order valence-electron chi connectivity index (χ2n) is 5.13. The predicted octanol–water partition coefficient (Wildman–Crippen LogP) is 2.82. The molecule has 0 bridgehead atoms. The first kappa shape index (κ1) is 14.3. The van der Waals surface area contributed by atoms with Crippen LogP contribution in [0.3, 0.4) is 0 Å². The summed E-state index contributed by atoms with van der Waals surface area (Å²) in [5.41, 5.74) is -0.133. The number of benzene rings is 1. The van der Waals surface area contributed by atoms with E-state index in [0.717, 1.165) is 25.7 Å². The SMILES string of the molecule is CC1(NS(=O)(=O)c2cc(C#N)ccc2Cl)CCCC1. The zero-order valence-electron chi connectivity index (χ0n) is 10.6. The third-order valence-electron chi connectivity index (χ3n) is 3.44. The van der Waals surface area contributed by atoms with Crippen LogP contribution in [0.4, 0.5) is 0 Å². The second kappa shape index (κ2) is 5.12. The normalized spacial score (nSPS) is 18.2. The first-order valence-corrected chi connectivity index (χ1v) is 7.96. The van der Waals surface area contributed by atoms with Gasteiger partial charge < -0.3 is 0 Å². The Kier molecular flexibility index (Phi) is 3.86. The van der Waals surface area contributed by atoms with Crippen molar-refractivity contribution in [2.24, 2.45) is 0 Å². The molecule has 0 aliphatic heterocycles. The fraction of sp³-hybridized carbons (Fsp3) is 0.462. The molecule has 0 unspecified atom stereocenters. The first-order chi connectivity index (χ1) is 8.86. The van der Waals surface area contributed by atoms with Gasteiger partial charge >= 0.3 is 0 Å². The molecule has 0 saturated heterocycles. The highest BCUT2D eigenvalue weighted by Gasteiger charge is 2.34. The average Bonchev–Trinajstić information content (AvgIpc) is 2.75. The molecule has 0 amide bonds. The summed E-state index contributed by atoms with van der Waals surface area (Å²) < 4.78 is 27.5. The van der Waals surface area contributed by atoms with Crippen molar-refractivity contribution in [2.75, 3.05) is 0 Å². The fourth-order valence-corrected chi connectivity index (χ4v) is 4.41. The van der Waals surface area contributed by atoms with Crippen LogP contribution in [-0.4, -0.2) is 14.0 Å². The van der Waals surface area contributed by atoms with E-state index in [4.69, 9.17) is 16.9 Å². The van der Waals surface area contributed by atoms with Gasteiger partial charge in [0.2, 0.25) is 10.0 Å². The molecule has 19 heavy (non-hydrogen) atoms. The highest BCUT2D eigenvalue weighted by molar-refractivity contribution is 7.89. The second-order valence-corrected chi connectivity index (χ2v) is 7.19. The number of hydrogen-bond acceptors (Lipinski definition) is 3. The number of nitriles is 1. The molecular formula is C13H15ClN2O2S. The summed E-state index contributed by atoms with van der Waals surface area (Å²) in [6.45, 7) is 1.90. The van der Waals surface area contributed by atoms with E-state index in [1.807, 2.05) is 13.0 Å². The maximum atomic E-state index is 12.4. The zero-order valence-corrected chi connectivity index (χ0v) is 12.2. The molecule has 0 atom stereocenters. The Hall–Kier alpha value is -1.09. The van der Waals surface area contributed by atoms with Crippen molar-refractivity contribution in [1.29, 1.82) is 5.26 Å². The molecule has 0 spiro atoms. The molecule has 1 saturated carbocycles. The number of hydrogen-bond donors (Lipinski definition) is 1. The third-order valence-corrected chi connectivity index (χ3v) is 5.56. The molecule has 1 aromatic rings. The predicted molar refractivity (Wildman–Crippen MR) is 73.4 cm³/mol. The Morgan fingerprint density at radius 1 is 1.37 bits per heavy atom. The Morgan fingerprint density at radius 3 is 2.58 bits per heavy atom. The molecule has 102 valence electrons. The van der Waals surface area contributed by atoms with Crippen LogP contribution >= 0.6 is 11.6 Å². The summed E-state index contributed by atoms with van der Waals surface area (Å²) in [7, 11) is -3.70. The van der Waals surface area contributed by atoms with Crippen molar-refractivity contribution in [2.45, 2.75) is 43.0 Å². The molecule has 1 aromatic carbocycles. The molecule has 2 rings (SSSR count). The standard InChI is InChI=1S/C13H15ClN2O2S/c1-13(6-2-3-7-13)16-19(17,18)12-8-10(9-15)4-5-11(12)14/h4-5,8,16H,2-3,6-7H2,1H3. The molecule has 0 aromatic heterocycles. The average molecular weight is 299 g/mol. The quantitative estimate of drug-likeness (QED) is 0.933. The van der Waals surface area contributed by atoms with Gasteiger partial charge in [0.05, 0.1) is 16.7 Å². The summed E-state index contributed by atoms with van der Waals surface area (Å²) in [6, 6.07) is 6.16. The summed E-state index contributed by atoms with van der Waals surface area (Å²) in [5, 5.41) is 8.98. The molecule has 1 aliphatic carbocycles. The first-order valence-electron chi connectivity index (χ1n) is 6.10. The number of sulfonamides is 1. The number of nitrogens with zero attached hydrogens (tertiary/aromatic N) is 1. The summed E-state index contributed by atoms with van der Waals surface area (Å²) >= 11 is 5.94. The molecule has 1 aliphatic rings. The van der Waals surface area contributed by atoms with Crippen LogP contribution < -0.4 is 4.72 Å². The highest BCUT2D eigenvalue weighted by atomic mass is 35.5. The summed E-state index contributed by atoms with van der Waals surface area (Å²) in [4.78, 5) is -0.0265. The lowest BCUT2D eigenvalue weighted by molar-refractivity contribution is 0.427. The maximum absolute atomic E-state index is 12.4. The van der Waals surface area contributed by atoms with E-state index in [-0.39, 0.29) is 15.5 Å². The fourth-order valence-electron chi connectivity index (χ4n) is 2.42. The summed E-state index contributed by atoms with van der Waals surface area (Å²) in [5.74, 6) is 0. The number of nitrogens with one attached hydrogen (secondary N) is 1. The number of halogens is 1. The molecule has 1 N–H and O–H groups in total. The van der Waals surface area contributed by atoms with E-state index >= 15 is 0 Å². The van der Waals surface area contributed by atoms with Crippen molar-refractivity contribution >= 4 is 21.6 Å². The van der Waals surface area contributed by atoms with Crippen molar-refractivity contribution in [3.05, 3.63) is 28.8 Å². The molecule has 0 radical (unpaired) electrons. The molecule has 1 fully saturated rings. The number of rotatable bonds is 3. The topological polar surface area (TPSA) is 70.0 Å². The maximum Gasteiger partial charge on any atom is 0.242 e. The van der Waals surface area contributed by atoms with E-state index in [2.05, 4.69) is 4.72 Å². The van der Waals surface area contributed by atoms with Gasteiger partial charge in [-0.2, -0.15) is 5.26 Å². The minimum absolute atomic E-state index is 0.0265. The van der Waals surface area contributed by atoms with Gasteiger partial charge in [-0.05, 0) is 38.0 Å². The van der Waals surface area contributed by atoms with Crippen LogP contribution in [0.1, 0.15) is 38.2 Å². The van der Waals surface area contributed by atoms with E-state index in [1.54, 1.807) is 0 Å². The zero-order chi connectivity index (χ0) is 14.1. The van der Waals surface area contributed by atoms with Crippen LogP contribution in [0.2, 0.25) is 5.02 Å². The highest BCUT2D eigenvalue weighted by Crippen LogP contribution is 2.32. The minimum atomic E-state index is -3.70. The van der Waals surface area contributed by atoms with Crippen LogP contribution in [0.25, 0.3) is 0 Å². The molecule has 6 heteroatoms. The molecule has 0 heterocycles. The largest absolute Gasteiger partial charge is 0.242 e. The van der Waals surface area contributed by atoms with Crippen LogP contribution in [0.15, 0.2) is 23.1 Å². The smallest absolute Gasteiger partial charge is 0.207 e. The Balaban J connectivity index is 2.37. The lowest BCUT2D eigenvalue weighted by atomic mass is 10.0. The summed E-state index contributed by atoms with van der Waals surface area (Å²) in [6.07, 6.45) is 3.68. The van der Waals surface area contributed by atoms with Crippen molar-refractivity contribution in [3.63, 3.8) is 0 Å². The lowest BCUT2D eigenvalue weighted by Crippen LogP contribution is -2.43. The minimum Gasteiger partial charge on any atom is -0.207 e. The van der Waals surface area contributed by atoms with E-state index in [1.165, 1.54) is 18.2 Å². The van der Waals surface area contributed by atoms with Crippen molar-refractivity contribution < 1.29 is 8.42 Å². The van der Waals surface area contributed by atoms with Gasteiger partial charge in [0, 0.05) is 5.54 Å². The van der Waals surface area contributed by atoms with Gasteiger partial charge in [-0.25, -0.2) is 13.1 Å². The lowest BCUT2D eigenvalue weighted by Gasteiger charge is -2.25. The Labute approximate surface area is 118 Å². The van der Waals surface area contributed by atoms with Gasteiger partial charge in [0.1, 0.15) is 4.90 Å². The van der Waals surface area contributed by atoms with Gasteiger partial charge in [-0.15, -0.1) is 0 Å². The molecular weight excluding hydrogens is 284 g/mol. The Morgan fingerprint density at radius 2 is 2.00 bits per heavy atom. The molecule has 4 nitrogen and oxygen atoms in total.